The van der Waals surface area contributed by atoms with Gasteiger partial charge in [-0.3, -0.25) is 4.72 Å². The van der Waals surface area contributed by atoms with Gasteiger partial charge in [0.1, 0.15) is 5.82 Å². The molecule has 25 heavy (non-hydrogen) atoms. The second kappa shape index (κ2) is 7.98. The molecule has 0 radical (unpaired) electrons. The van der Waals surface area contributed by atoms with Crippen molar-refractivity contribution in [1.29, 1.82) is 0 Å². The number of hydrogen-bond acceptors (Lipinski definition) is 5. The molecule has 0 bridgehead atoms. The predicted molar refractivity (Wildman–Crippen MR) is 93.7 cm³/mol. The fourth-order valence-electron chi connectivity index (χ4n) is 2.71. The van der Waals surface area contributed by atoms with Crippen LogP contribution in [0.4, 0.5) is 20.6 Å². The Morgan fingerprint density at radius 1 is 1.40 bits per heavy atom. The summed E-state index contributed by atoms with van der Waals surface area (Å²) >= 11 is 0. The average molecular weight is 374 g/mol. The van der Waals surface area contributed by atoms with E-state index < -0.39 is 21.9 Å². The van der Waals surface area contributed by atoms with Crippen LogP contribution >= 0.6 is 0 Å². The zero-order chi connectivity index (χ0) is 18.6. The molecule has 0 unspecified atom stereocenters. The summed E-state index contributed by atoms with van der Waals surface area (Å²) < 4.78 is 44.2. The predicted octanol–water partition coefficient (Wildman–Crippen LogP) is 1.04. The summed E-state index contributed by atoms with van der Waals surface area (Å²) in [5, 5.41) is 5.17. The number of carbonyl (C=O) groups is 1. The Morgan fingerprint density at radius 3 is 2.76 bits per heavy atom. The number of sulfonamides is 1. The van der Waals surface area contributed by atoms with Crippen LogP contribution in [0.1, 0.15) is 6.92 Å². The Hall–Kier alpha value is -1.91. The van der Waals surface area contributed by atoms with Crippen molar-refractivity contribution >= 4 is 27.4 Å². The maximum absolute atomic E-state index is 13.9. The number of carbonyl (C=O) groups excluding carboxylic acids is 1. The number of ether oxygens (including phenoxy) is 1. The molecule has 8 nitrogen and oxygen atoms in total. The Bertz CT molecular complexity index is 728. The number of likely N-dealkylation sites (tertiary alicyclic amines) is 1. The number of anilines is 2. The molecule has 2 atom stereocenters. The lowest BCUT2D eigenvalue weighted by atomic mass is 10.2. The summed E-state index contributed by atoms with van der Waals surface area (Å²) in [5.41, 5.74) is 0.0393. The van der Waals surface area contributed by atoms with Gasteiger partial charge in [0.05, 0.1) is 29.8 Å². The van der Waals surface area contributed by atoms with E-state index in [0.29, 0.717) is 19.7 Å². The van der Waals surface area contributed by atoms with E-state index in [4.69, 9.17) is 4.74 Å². The number of hydrogen-bond donors (Lipinski definition) is 3. The SMILES string of the molecule is CCO[C@H]1CN(C)C[C@@H]1NC(=O)Nc1cc(NS(C)(=O)=O)ccc1F. The highest BCUT2D eigenvalue weighted by Gasteiger charge is 2.32. The molecule has 0 aliphatic carbocycles. The van der Waals surface area contributed by atoms with Gasteiger partial charge >= 0.3 is 6.03 Å². The fourth-order valence-corrected chi connectivity index (χ4v) is 3.26. The van der Waals surface area contributed by atoms with Crippen LogP contribution in [-0.4, -0.2) is 64.5 Å². The molecule has 1 fully saturated rings. The third-order valence-corrected chi connectivity index (χ3v) is 4.27. The fraction of sp³-hybridized carbons (Fsp3) is 0.533. The zero-order valence-corrected chi connectivity index (χ0v) is 15.2. The van der Waals surface area contributed by atoms with Crippen molar-refractivity contribution in [2.24, 2.45) is 0 Å². The number of nitrogens with one attached hydrogen (secondary N) is 3. The van der Waals surface area contributed by atoms with E-state index in [1.165, 1.54) is 12.1 Å². The first-order valence-corrected chi connectivity index (χ1v) is 9.72. The lowest BCUT2D eigenvalue weighted by Gasteiger charge is -2.20. The van der Waals surface area contributed by atoms with Gasteiger partial charge in [0.25, 0.3) is 0 Å². The molecule has 0 spiro atoms. The van der Waals surface area contributed by atoms with E-state index in [-0.39, 0.29) is 23.5 Å². The second-order valence-electron chi connectivity index (χ2n) is 5.99. The van der Waals surface area contributed by atoms with Crippen molar-refractivity contribution in [2.75, 3.05) is 43.0 Å². The molecule has 0 aromatic heterocycles. The van der Waals surface area contributed by atoms with Gasteiger partial charge in [0.15, 0.2) is 0 Å². The second-order valence-corrected chi connectivity index (χ2v) is 7.74. The van der Waals surface area contributed by atoms with Crippen molar-refractivity contribution in [3.63, 3.8) is 0 Å². The summed E-state index contributed by atoms with van der Waals surface area (Å²) in [7, 11) is -1.57. The van der Waals surface area contributed by atoms with Crippen molar-refractivity contribution in [2.45, 2.75) is 19.1 Å². The Balaban J connectivity index is 2.03. The molecule has 3 N–H and O–H groups in total. The van der Waals surface area contributed by atoms with E-state index in [0.717, 1.165) is 12.3 Å². The molecule has 1 aliphatic heterocycles. The maximum Gasteiger partial charge on any atom is 0.319 e. The van der Waals surface area contributed by atoms with Crippen LogP contribution in [0.2, 0.25) is 0 Å². The van der Waals surface area contributed by atoms with Crippen LogP contribution in [0.15, 0.2) is 18.2 Å². The van der Waals surface area contributed by atoms with Gasteiger partial charge in [-0.1, -0.05) is 0 Å². The largest absolute Gasteiger partial charge is 0.375 e. The molecule has 1 saturated heterocycles. The molecule has 1 heterocycles. The number of benzene rings is 1. The van der Waals surface area contributed by atoms with Crippen LogP contribution in [0.25, 0.3) is 0 Å². The topological polar surface area (TPSA) is 99.8 Å². The zero-order valence-electron chi connectivity index (χ0n) is 14.4. The molecule has 140 valence electrons. The molecule has 2 amide bonds. The average Bonchev–Trinajstić information content (AvgIpc) is 2.81. The Kier molecular flexibility index (Phi) is 6.20. The molecule has 0 saturated carbocycles. The van der Waals surface area contributed by atoms with Gasteiger partial charge in [-0.25, -0.2) is 17.6 Å². The number of rotatable bonds is 6. The standard InChI is InChI=1S/C15H23FN4O4S/c1-4-24-14-9-20(2)8-13(14)18-15(21)17-12-7-10(5-6-11(12)16)19-25(3,22)23/h5-7,13-14,19H,4,8-9H2,1-3H3,(H2,17,18,21)/t13-,14-/m0/s1. The monoisotopic (exact) mass is 374 g/mol. The highest BCUT2D eigenvalue weighted by atomic mass is 32.2. The molecular formula is C15H23FN4O4S. The third kappa shape index (κ3) is 5.83. The van der Waals surface area contributed by atoms with Gasteiger partial charge in [0.2, 0.25) is 10.0 Å². The number of halogens is 1. The summed E-state index contributed by atoms with van der Waals surface area (Å²) in [6.07, 6.45) is 0.851. The summed E-state index contributed by atoms with van der Waals surface area (Å²) in [6, 6.07) is 2.77. The van der Waals surface area contributed by atoms with Gasteiger partial charge in [-0.2, -0.15) is 0 Å². The van der Waals surface area contributed by atoms with E-state index in [1.807, 2.05) is 18.9 Å². The molecular weight excluding hydrogens is 351 g/mol. The number of amides is 2. The number of nitrogens with zero attached hydrogens (tertiary/aromatic N) is 1. The van der Waals surface area contributed by atoms with E-state index in [1.54, 1.807) is 0 Å². The molecule has 10 heteroatoms. The molecule has 1 aromatic carbocycles. The highest BCUT2D eigenvalue weighted by molar-refractivity contribution is 7.92. The van der Waals surface area contributed by atoms with E-state index in [9.17, 15) is 17.6 Å². The first-order chi connectivity index (χ1) is 11.7. The van der Waals surface area contributed by atoms with Crippen molar-refractivity contribution in [3.05, 3.63) is 24.0 Å². The minimum absolute atomic E-state index is 0.120. The van der Waals surface area contributed by atoms with Crippen LogP contribution in [0.5, 0.6) is 0 Å². The summed E-state index contributed by atoms with van der Waals surface area (Å²) in [4.78, 5) is 14.2. The Labute approximate surface area is 146 Å². The Morgan fingerprint density at radius 2 is 2.12 bits per heavy atom. The number of likely N-dealkylation sites (N-methyl/N-ethyl adjacent to an activating group) is 1. The van der Waals surface area contributed by atoms with Crippen molar-refractivity contribution < 1.29 is 22.3 Å². The van der Waals surface area contributed by atoms with Crippen LogP contribution in [-0.2, 0) is 14.8 Å². The third-order valence-electron chi connectivity index (χ3n) is 3.66. The van der Waals surface area contributed by atoms with Gasteiger partial charge in [-0.15, -0.1) is 0 Å². The molecule has 2 rings (SSSR count). The van der Waals surface area contributed by atoms with E-state index >= 15 is 0 Å². The smallest absolute Gasteiger partial charge is 0.319 e. The minimum atomic E-state index is -3.50. The summed E-state index contributed by atoms with van der Waals surface area (Å²) in [5.74, 6) is -0.668. The molecule has 1 aliphatic rings. The van der Waals surface area contributed by atoms with Gasteiger partial charge in [-0.05, 0) is 32.2 Å². The van der Waals surface area contributed by atoms with E-state index in [2.05, 4.69) is 15.4 Å². The first kappa shape index (κ1) is 19.4. The maximum atomic E-state index is 13.9. The van der Waals surface area contributed by atoms with Crippen LogP contribution in [0, 0.1) is 5.82 Å². The van der Waals surface area contributed by atoms with Gasteiger partial charge < -0.3 is 20.3 Å². The van der Waals surface area contributed by atoms with Crippen molar-refractivity contribution in [1.82, 2.24) is 10.2 Å². The highest BCUT2D eigenvalue weighted by Crippen LogP contribution is 2.20. The van der Waals surface area contributed by atoms with Crippen LogP contribution < -0.4 is 15.4 Å². The summed E-state index contributed by atoms with van der Waals surface area (Å²) in [6.45, 7) is 3.73. The molecule has 1 aromatic rings. The first-order valence-electron chi connectivity index (χ1n) is 7.83. The lowest BCUT2D eigenvalue weighted by Crippen LogP contribution is -2.45. The van der Waals surface area contributed by atoms with Gasteiger partial charge in [0, 0.05) is 19.7 Å². The van der Waals surface area contributed by atoms with Crippen molar-refractivity contribution in [3.8, 4) is 0 Å². The number of urea groups is 1. The normalized spacial score (nSPS) is 21.1. The minimum Gasteiger partial charge on any atom is -0.375 e. The quantitative estimate of drug-likeness (QED) is 0.691. The van der Waals surface area contributed by atoms with Crippen LogP contribution in [0.3, 0.4) is 0 Å². The lowest BCUT2D eigenvalue weighted by molar-refractivity contribution is 0.0568.